The second-order valence-electron chi connectivity index (χ2n) is 8.20. The molecule has 1 unspecified atom stereocenters. The van der Waals surface area contributed by atoms with Gasteiger partial charge in [0.05, 0.1) is 12.5 Å². The van der Waals surface area contributed by atoms with Crippen molar-refractivity contribution < 1.29 is 29.3 Å². The van der Waals surface area contributed by atoms with E-state index in [1.54, 1.807) is 6.07 Å². The zero-order valence-electron chi connectivity index (χ0n) is 18.8. The van der Waals surface area contributed by atoms with E-state index in [0.29, 0.717) is 5.56 Å². The number of aromatic carboxylic acids is 1. The highest BCUT2D eigenvalue weighted by molar-refractivity contribution is 5.85. The van der Waals surface area contributed by atoms with Crippen LogP contribution >= 0.6 is 0 Å². The molecule has 1 aromatic heterocycles. The Kier molecular flexibility index (Phi) is 7.37. The molecule has 1 aliphatic carbocycles. The van der Waals surface area contributed by atoms with Crippen molar-refractivity contribution in [3.05, 3.63) is 89.2 Å². The van der Waals surface area contributed by atoms with E-state index in [1.807, 2.05) is 36.4 Å². The van der Waals surface area contributed by atoms with Gasteiger partial charge in [-0.15, -0.1) is 0 Å². The summed E-state index contributed by atoms with van der Waals surface area (Å²) in [5.74, 6) is -1.62. The minimum absolute atomic E-state index is 0.0668. The number of carboxylic acid groups (broad SMARTS) is 1. The molecule has 2 aromatic carbocycles. The molecule has 0 fully saturated rings. The van der Waals surface area contributed by atoms with Gasteiger partial charge >= 0.3 is 12.1 Å². The first-order valence-electron chi connectivity index (χ1n) is 11.1. The smallest absolute Gasteiger partial charge is 0.407 e. The number of ether oxygens (including phenoxy) is 1. The topological polar surface area (TPSA) is 138 Å². The summed E-state index contributed by atoms with van der Waals surface area (Å²) in [5, 5.41) is 24.1. The maximum Gasteiger partial charge on any atom is 0.407 e. The van der Waals surface area contributed by atoms with Gasteiger partial charge in [0.1, 0.15) is 12.3 Å². The number of nitrogens with one attached hydrogen (secondary N) is 2. The van der Waals surface area contributed by atoms with Crippen molar-refractivity contribution in [3.63, 3.8) is 0 Å². The number of hydrogen-bond acceptors (Lipinski definition) is 6. The monoisotopic (exact) mass is 475 g/mol. The van der Waals surface area contributed by atoms with Crippen molar-refractivity contribution in [1.29, 1.82) is 0 Å². The zero-order chi connectivity index (χ0) is 24.8. The van der Waals surface area contributed by atoms with Crippen LogP contribution in [0, 0.1) is 0 Å². The van der Waals surface area contributed by atoms with Gasteiger partial charge in [-0.2, -0.15) is 0 Å². The number of aliphatic hydroxyl groups excluding tert-OH is 1. The lowest BCUT2D eigenvalue weighted by molar-refractivity contribution is -0.123. The molecular weight excluding hydrogens is 450 g/mol. The highest BCUT2D eigenvalue weighted by Gasteiger charge is 2.29. The van der Waals surface area contributed by atoms with Crippen LogP contribution in [0.5, 0.6) is 0 Å². The highest BCUT2D eigenvalue weighted by Crippen LogP contribution is 2.44. The molecule has 35 heavy (non-hydrogen) atoms. The highest BCUT2D eigenvalue weighted by atomic mass is 16.5. The fourth-order valence-electron chi connectivity index (χ4n) is 4.07. The predicted molar refractivity (Wildman–Crippen MR) is 127 cm³/mol. The quantitative estimate of drug-likeness (QED) is 0.373. The average Bonchev–Trinajstić information content (AvgIpc) is 3.19. The number of carbonyl (C=O) groups excluding carboxylic acids is 2. The van der Waals surface area contributed by atoms with Crippen LogP contribution in [0.2, 0.25) is 0 Å². The molecule has 0 saturated carbocycles. The van der Waals surface area contributed by atoms with E-state index in [-0.39, 0.29) is 37.7 Å². The van der Waals surface area contributed by atoms with E-state index in [0.717, 1.165) is 22.3 Å². The molecule has 1 aliphatic rings. The van der Waals surface area contributed by atoms with Crippen molar-refractivity contribution in [3.8, 4) is 11.1 Å². The molecule has 4 N–H and O–H groups in total. The van der Waals surface area contributed by atoms with Crippen LogP contribution < -0.4 is 10.6 Å². The number of carbonyl (C=O) groups is 3. The van der Waals surface area contributed by atoms with Crippen molar-refractivity contribution >= 4 is 18.0 Å². The van der Waals surface area contributed by atoms with Crippen molar-refractivity contribution in [1.82, 2.24) is 15.6 Å². The van der Waals surface area contributed by atoms with Gasteiger partial charge in [-0.05, 0) is 33.9 Å². The standard InChI is InChI=1S/C26H25N3O6/c30-17(11-24(31)28-13-16-9-10-23(25(32)33)27-12-16)14-29-26(34)35-15-22-20-7-3-1-5-18(20)19-6-2-4-8-21(19)22/h1-10,12,17,22,30H,11,13-15H2,(H,28,31)(H,29,34)(H,32,33). The van der Waals surface area contributed by atoms with E-state index in [2.05, 4.69) is 27.8 Å². The van der Waals surface area contributed by atoms with Gasteiger partial charge in [-0.25, -0.2) is 14.6 Å². The summed E-state index contributed by atoms with van der Waals surface area (Å²) in [6.07, 6.45) is -0.623. The molecule has 3 aromatic rings. The van der Waals surface area contributed by atoms with Crippen LogP contribution in [-0.4, -0.2) is 52.4 Å². The maximum absolute atomic E-state index is 12.2. The van der Waals surface area contributed by atoms with Gasteiger partial charge in [0.15, 0.2) is 0 Å². The van der Waals surface area contributed by atoms with Crippen LogP contribution in [0.25, 0.3) is 11.1 Å². The number of carboxylic acids is 1. The Morgan fingerprint density at radius 3 is 2.20 bits per heavy atom. The Bertz CT molecular complexity index is 1180. The normalized spacial score (nSPS) is 12.8. The van der Waals surface area contributed by atoms with Gasteiger partial charge in [0.25, 0.3) is 0 Å². The number of rotatable bonds is 9. The van der Waals surface area contributed by atoms with E-state index in [4.69, 9.17) is 9.84 Å². The molecule has 4 rings (SSSR count). The summed E-state index contributed by atoms with van der Waals surface area (Å²) < 4.78 is 5.42. The Hall–Kier alpha value is -4.24. The Morgan fingerprint density at radius 1 is 0.943 bits per heavy atom. The first-order chi connectivity index (χ1) is 16.9. The molecule has 0 saturated heterocycles. The third-order valence-electron chi connectivity index (χ3n) is 5.78. The molecular formula is C26H25N3O6. The number of aliphatic hydroxyl groups is 1. The summed E-state index contributed by atoms with van der Waals surface area (Å²) in [4.78, 5) is 38.8. The summed E-state index contributed by atoms with van der Waals surface area (Å²) in [7, 11) is 0. The predicted octanol–water partition coefficient (Wildman–Crippen LogP) is 2.69. The lowest BCUT2D eigenvalue weighted by Gasteiger charge is -2.16. The van der Waals surface area contributed by atoms with E-state index < -0.39 is 24.1 Å². The molecule has 0 bridgehead atoms. The number of fused-ring (bicyclic) bond motifs is 3. The van der Waals surface area contributed by atoms with Crippen molar-refractivity contribution in [2.75, 3.05) is 13.2 Å². The van der Waals surface area contributed by atoms with Gasteiger partial charge in [-0.3, -0.25) is 4.79 Å². The van der Waals surface area contributed by atoms with Crippen LogP contribution in [-0.2, 0) is 16.1 Å². The molecule has 180 valence electrons. The number of nitrogens with zero attached hydrogens (tertiary/aromatic N) is 1. The molecule has 1 heterocycles. The molecule has 9 nitrogen and oxygen atoms in total. The SMILES string of the molecule is O=C(CC(O)CNC(=O)OCC1c2ccccc2-c2ccccc21)NCc1ccc(C(=O)O)nc1. The molecule has 0 radical (unpaired) electrons. The maximum atomic E-state index is 12.2. The third-order valence-corrected chi connectivity index (χ3v) is 5.78. The first-order valence-corrected chi connectivity index (χ1v) is 11.1. The fourth-order valence-corrected chi connectivity index (χ4v) is 4.07. The number of amides is 2. The molecule has 0 aliphatic heterocycles. The zero-order valence-corrected chi connectivity index (χ0v) is 18.8. The number of alkyl carbamates (subject to hydrolysis) is 1. The van der Waals surface area contributed by atoms with E-state index in [9.17, 15) is 19.5 Å². The summed E-state index contributed by atoms with van der Waals surface area (Å²) in [6, 6.07) is 18.9. The number of pyridine rings is 1. The van der Waals surface area contributed by atoms with Crippen LogP contribution in [0.15, 0.2) is 66.9 Å². The fraction of sp³-hybridized carbons (Fsp3) is 0.231. The number of aromatic nitrogens is 1. The van der Waals surface area contributed by atoms with Crippen LogP contribution in [0.3, 0.4) is 0 Å². The minimum atomic E-state index is -1.13. The van der Waals surface area contributed by atoms with Gasteiger partial charge in [0, 0.05) is 25.2 Å². The third kappa shape index (κ3) is 5.82. The van der Waals surface area contributed by atoms with Crippen LogP contribution in [0.4, 0.5) is 4.79 Å². The molecule has 2 amide bonds. The average molecular weight is 476 g/mol. The largest absolute Gasteiger partial charge is 0.477 e. The van der Waals surface area contributed by atoms with Crippen molar-refractivity contribution in [2.24, 2.45) is 0 Å². The number of benzene rings is 2. The Labute approximate surface area is 201 Å². The van der Waals surface area contributed by atoms with Crippen molar-refractivity contribution in [2.45, 2.75) is 25.0 Å². The molecule has 9 heteroatoms. The Balaban J connectivity index is 1.20. The minimum Gasteiger partial charge on any atom is -0.477 e. The summed E-state index contributed by atoms with van der Waals surface area (Å²) in [6.45, 7) is 0.155. The lowest BCUT2D eigenvalue weighted by Crippen LogP contribution is -2.36. The van der Waals surface area contributed by atoms with Gasteiger partial charge < -0.3 is 25.6 Å². The van der Waals surface area contributed by atoms with E-state index >= 15 is 0 Å². The number of hydrogen-bond donors (Lipinski definition) is 4. The first kappa shape index (κ1) is 23.9. The Morgan fingerprint density at radius 2 is 1.60 bits per heavy atom. The second-order valence-corrected chi connectivity index (χ2v) is 8.20. The second kappa shape index (κ2) is 10.8. The lowest BCUT2D eigenvalue weighted by atomic mass is 9.98. The van der Waals surface area contributed by atoms with Crippen LogP contribution in [0.1, 0.15) is 39.5 Å². The summed E-state index contributed by atoms with van der Waals surface area (Å²) in [5.41, 5.74) is 5.00. The summed E-state index contributed by atoms with van der Waals surface area (Å²) >= 11 is 0. The van der Waals surface area contributed by atoms with E-state index in [1.165, 1.54) is 12.3 Å². The van der Waals surface area contributed by atoms with Gasteiger partial charge in [0.2, 0.25) is 5.91 Å². The van der Waals surface area contributed by atoms with Gasteiger partial charge in [-0.1, -0.05) is 54.6 Å². The molecule has 1 atom stereocenters. The molecule has 0 spiro atoms.